The first kappa shape index (κ1) is 6.88. The molecule has 0 bridgehead atoms. The van der Waals surface area contributed by atoms with Gasteiger partial charge in [0.05, 0.1) is 0 Å². The van der Waals surface area contributed by atoms with Gasteiger partial charge < -0.3 is 5.73 Å². The Morgan fingerprint density at radius 1 is 1.75 bits per heavy atom. The Morgan fingerprint density at radius 2 is 2.38 bits per heavy atom. The summed E-state index contributed by atoms with van der Waals surface area (Å²) in [6.45, 7) is 1.84. The highest BCUT2D eigenvalue weighted by Gasteiger charge is 1.74. The zero-order chi connectivity index (χ0) is 6.41. The minimum atomic E-state index is 0.363. The van der Waals surface area contributed by atoms with E-state index < -0.39 is 0 Å². The maximum Gasteiger partial charge on any atom is 0.124 e. The predicted molar refractivity (Wildman–Crippen MR) is 35.2 cm³/mol. The van der Waals surface area contributed by atoms with Crippen molar-refractivity contribution in [2.24, 2.45) is 10.7 Å². The molecule has 0 saturated heterocycles. The molecule has 0 aliphatic rings. The Morgan fingerprint density at radius 3 is 2.75 bits per heavy atom. The van der Waals surface area contributed by atoms with E-state index in [0.29, 0.717) is 5.84 Å². The number of aliphatic imine (C=N–C) groups is 1. The first-order chi connectivity index (χ1) is 3.81. The lowest BCUT2D eigenvalue weighted by molar-refractivity contribution is 1.49. The SMILES string of the molecule is C/C=C\C(N)=NC=N. The summed E-state index contributed by atoms with van der Waals surface area (Å²) in [5.41, 5.74) is 5.21. The van der Waals surface area contributed by atoms with Crippen LogP contribution in [0.3, 0.4) is 0 Å². The topological polar surface area (TPSA) is 62.2 Å². The van der Waals surface area contributed by atoms with Gasteiger partial charge in [-0.3, -0.25) is 5.41 Å². The fourth-order valence-electron chi connectivity index (χ4n) is 0.288. The Bertz CT molecular complexity index is 124. The molecule has 0 heterocycles. The van der Waals surface area contributed by atoms with Crippen molar-refractivity contribution >= 4 is 12.2 Å². The van der Waals surface area contributed by atoms with Gasteiger partial charge in [0.1, 0.15) is 12.2 Å². The molecule has 0 radical (unpaired) electrons. The summed E-state index contributed by atoms with van der Waals surface area (Å²) < 4.78 is 0. The number of rotatable bonds is 2. The highest BCUT2D eigenvalue weighted by atomic mass is 14.9. The molecule has 0 fully saturated rings. The van der Waals surface area contributed by atoms with Gasteiger partial charge in [-0.15, -0.1) is 0 Å². The zero-order valence-corrected chi connectivity index (χ0v) is 4.76. The second-order valence-corrected chi connectivity index (χ2v) is 1.18. The van der Waals surface area contributed by atoms with Crippen molar-refractivity contribution in [2.75, 3.05) is 0 Å². The molecule has 3 heteroatoms. The lowest BCUT2D eigenvalue weighted by atomic mass is 10.5. The van der Waals surface area contributed by atoms with E-state index >= 15 is 0 Å². The van der Waals surface area contributed by atoms with E-state index in [1.54, 1.807) is 12.2 Å². The van der Waals surface area contributed by atoms with Crippen LogP contribution in [0.1, 0.15) is 6.92 Å². The summed E-state index contributed by atoms with van der Waals surface area (Å²) in [6.07, 6.45) is 4.31. The molecule has 0 aromatic rings. The van der Waals surface area contributed by atoms with Gasteiger partial charge in [0, 0.05) is 0 Å². The number of hydrogen-bond acceptors (Lipinski definition) is 1. The summed E-state index contributed by atoms with van der Waals surface area (Å²) in [6, 6.07) is 0. The number of nitrogens with one attached hydrogen (secondary N) is 1. The molecular formula is C5H9N3. The van der Waals surface area contributed by atoms with Crippen LogP contribution in [0.4, 0.5) is 0 Å². The van der Waals surface area contributed by atoms with E-state index in [9.17, 15) is 0 Å². The fraction of sp³-hybridized carbons (Fsp3) is 0.200. The van der Waals surface area contributed by atoms with Crippen molar-refractivity contribution in [1.29, 1.82) is 5.41 Å². The van der Waals surface area contributed by atoms with E-state index in [1.807, 2.05) is 6.92 Å². The largest absolute Gasteiger partial charge is 0.384 e. The van der Waals surface area contributed by atoms with Crippen molar-refractivity contribution < 1.29 is 0 Å². The van der Waals surface area contributed by atoms with Gasteiger partial charge in [0.15, 0.2) is 0 Å². The molecule has 0 rings (SSSR count). The van der Waals surface area contributed by atoms with Crippen LogP contribution in [0.15, 0.2) is 17.1 Å². The van der Waals surface area contributed by atoms with Crippen LogP contribution in [0.2, 0.25) is 0 Å². The van der Waals surface area contributed by atoms with E-state index in [-0.39, 0.29) is 0 Å². The fourth-order valence-corrected chi connectivity index (χ4v) is 0.288. The van der Waals surface area contributed by atoms with E-state index in [0.717, 1.165) is 6.34 Å². The van der Waals surface area contributed by atoms with Crippen molar-refractivity contribution in [3.8, 4) is 0 Å². The standard InChI is InChI=1S/C5H9N3/c1-2-3-5(7)8-4-6/h2-4H,1H3,(H3,6,7,8)/b3-2-. The van der Waals surface area contributed by atoms with Gasteiger partial charge in [0.25, 0.3) is 0 Å². The van der Waals surface area contributed by atoms with Crippen LogP contribution in [0.25, 0.3) is 0 Å². The van der Waals surface area contributed by atoms with Crippen molar-refractivity contribution in [3.05, 3.63) is 12.2 Å². The molecule has 0 unspecified atom stereocenters. The van der Waals surface area contributed by atoms with Crippen molar-refractivity contribution in [2.45, 2.75) is 6.92 Å². The highest BCUT2D eigenvalue weighted by molar-refractivity contribution is 5.95. The quantitative estimate of drug-likeness (QED) is 0.396. The average molecular weight is 111 g/mol. The monoisotopic (exact) mass is 111 g/mol. The van der Waals surface area contributed by atoms with Gasteiger partial charge in [-0.05, 0) is 13.0 Å². The minimum Gasteiger partial charge on any atom is -0.384 e. The second kappa shape index (κ2) is 4.05. The second-order valence-electron chi connectivity index (χ2n) is 1.18. The van der Waals surface area contributed by atoms with Crippen LogP contribution in [-0.4, -0.2) is 12.2 Å². The van der Waals surface area contributed by atoms with Crippen LogP contribution < -0.4 is 5.73 Å². The predicted octanol–water partition coefficient (Wildman–Crippen LogP) is 0.527. The van der Waals surface area contributed by atoms with Crippen LogP contribution in [-0.2, 0) is 0 Å². The van der Waals surface area contributed by atoms with Crippen LogP contribution >= 0.6 is 0 Å². The number of nitrogens with two attached hydrogens (primary N) is 1. The molecule has 0 spiro atoms. The number of hydrogen-bond donors (Lipinski definition) is 2. The smallest absolute Gasteiger partial charge is 0.124 e. The lowest BCUT2D eigenvalue weighted by Gasteiger charge is -1.82. The molecule has 8 heavy (non-hydrogen) atoms. The Labute approximate surface area is 48.4 Å². The molecule has 0 amide bonds. The van der Waals surface area contributed by atoms with Crippen LogP contribution in [0, 0.1) is 5.41 Å². The van der Waals surface area contributed by atoms with Gasteiger partial charge >= 0.3 is 0 Å². The molecule has 3 N–H and O–H groups in total. The Kier molecular flexibility index (Phi) is 3.48. The van der Waals surface area contributed by atoms with Crippen molar-refractivity contribution in [1.82, 2.24) is 0 Å². The van der Waals surface area contributed by atoms with E-state index in [4.69, 9.17) is 11.1 Å². The van der Waals surface area contributed by atoms with E-state index in [2.05, 4.69) is 4.99 Å². The molecule has 0 saturated carbocycles. The molecule has 44 valence electrons. The van der Waals surface area contributed by atoms with Gasteiger partial charge in [0.2, 0.25) is 0 Å². The number of allylic oxidation sites excluding steroid dienone is 1. The third-order valence-electron chi connectivity index (χ3n) is 0.551. The maximum absolute atomic E-state index is 6.49. The molecule has 0 aliphatic carbocycles. The zero-order valence-electron chi connectivity index (χ0n) is 4.76. The first-order valence-electron chi connectivity index (χ1n) is 2.26. The van der Waals surface area contributed by atoms with Gasteiger partial charge in [-0.25, -0.2) is 4.99 Å². The van der Waals surface area contributed by atoms with Gasteiger partial charge in [-0.1, -0.05) is 6.08 Å². The van der Waals surface area contributed by atoms with Gasteiger partial charge in [-0.2, -0.15) is 0 Å². The Balaban J connectivity index is 3.79. The molecule has 3 nitrogen and oxygen atoms in total. The molecule has 0 aromatic heterocycles. The van der Waals surface area contributed by atoms with Crippen molar-refractivity contribution in [3.63, 3.8) is 0 Å². The molecule has 0 atom stereocenters. The summed E-state index contributed by atoms with van der Waals surface area (Å²) in [5.74, 6) is 0.363. The lowest BCUT2D eigenvalue weighted by Crippen LogP contribution is -2.06. The normalized spacial score (nSPS) is 12.4. The summed E-state index contributed by atoms with van der Waals surface area (Å²) in [4.78, 5) is 3.46. The molecular weight excluding hydrogens is 102 g/mol. The number of amidine groups is 1. The average Bonchev–Trinajstić information content (AvgIpc) is 1.68. The summed E-state index contributed by atoms with van der Waals surface area (Å²) in [5, 5.41) is 6.49. The third-order valence-corrected chi connectivity index (χ3v) is 0.551. The van der Waals surface area contributed by atoms with E-state index in [1.165, 1.54) is 0 Å². The maximum atomic E-state index is 6.49. The first-order valence-corrected chi connectivity index (χ1v) is 2.26. The summed E-state index contributed by atoms with van der Waals surface area (Å²) >= 11 is 0. The third kappa shape index (κ3) is 3.08. The Hall–Kier alpha value is -1.12. The molecule has 0 aliphatic heterocycles. The van der Waals surface area contributed by atoms with Crippen LogP contribution in [0.5, 0.6) is 0 Å². The highest BCUT2D eigenvalue weighted by Crippen LogP contribution is 1.69. The summed E-state index contributed by atoms with van der Waals surface area (Å²) in [7, 11) is 0. The number of nitrogens with zero attached hydrogens (tertiary/aromatic N) is 1. The molecule has 0 aromatic carbocycles. The minimum absolute atomic E-state index is 0.363.